The second-order valence-corrected chi connectivity index (χ2v) is 10.2. The molecule has 1 aromatic carbocycles. The van der Waals surface area contributed by atoms with Crippen LogP contribution in [0.15, 0.2) is 36.4 Å². The minimum absolute atomic E-state index is 0.0173. The molecule has 0 bridgehead atoms. The van der Waals surface area contributed by atoms with Crippen LogP contribution in [-0.2, 0) is 25.7 Å². The van der Waals surface area contributed by atoms with Crippen LogP contribution in [0.25, 0.3) is 0 Å². The molecule has 1 aromatic rings. The van der Waals surface area contributed by atoms with Crippen molar-refractivity contribution in [2.75, 3.05) is 6.54 Å². The van der Waals surface area contributed by atoms with Gasteiger partial charge in [-0.3, -0.25) is 24.1 Å². The summed E-state index contributed by atoms with van der Waals surface area (Å²) in [5, 5.41) is 3.15. The van der Waals surface area contributed by atoms with E-state index in [0.717, 1.165) is 36.8 Å². The lowest BCUT2D eigenvalue weighted by Gasteiger charge is -2.32. The average Bonchev–Trinajstić information content (AvgIpc) is 3.45. The first-order chi connectivity index (χ1) is 16.9. The van der Waals surface area contributed by atoms with E-state index in [9.17, 15) is 19.2 Å². The van der Waals surface area contributed by atoms with Crippen LogP contribution in [0, 0.1) is 18.8 Å². The van der Waals surface area contributed by atoms with Gasteiger partial charge in [0.15, 0.2) is 0 Å². The van der Waals surface area contributed by atoms with Crippen LogP contribution in [0.2, 0.25) is 0 Å². The Morgan fingerprint density at radius 2 is 1.63 bits per heavy atom. The molecule has 4 rings (SSSR count). The number of imide groups is 1. The van der Waals surface area contributed by atoms with Gasteiger partial charge in [-0.05, 0) is 44.6 Å². The van der Waals surface area contributed by atoms with Crippen molar-refractivity contribution in [3.63, 3.8) is 0 Å². The molecule has 2 aliphatic carbocycles. The Hall–Kier alpha value is -2.96. The van der Waals surface area contributed by atoms with E-state index in [4.69, 9.17) is 0 Å². The fourth-order valence-electron chi connectivity index (χ4n) is 5.62. The average molecular weight is 480 g/mol. The lowest BCUT2D eigenvalue weighted by Crippen LogP contribution is -2.51. The van der Waals surface area contributed by atoms with Gasteiger partial charge in [0.1, 0.15) is 6.04 Å². The maximum atomic E-state index is 13.5. The fourth-order valence-corrected chi connectivity index (χ4v) is 5.62. The second-order valence-electron chi connectivity index (χ2n) is 10.2. The molecule has 188 valence electrons. The molecule has 7 heteroatoms. The first-order valence-electron chi connectivity index (χ1n) is 13.0. The fraction of sp³-hybridized carbons (Fsp3) is 0.571. The zero-order valence-electron chi connectivity index (χ0n) is 20.9. The number of hydrogen-bond acceptors (Lipinski definition) is 4. The number of amides is 4. The predicted molar refractivity (Wildman–Crippen MR) is 133 cm³/mol. The van der Waals surface area contributed by atoms with Crippen molar-refractivity contribution in [2.45, 2.75) is 83.8 Å². The molecule has 4 amide bonds. The molecule has 1 saturated carbocycles. The molecule has 1 aliphatic heterocycles. The Balaban J connectivity index is 1.47. The number of carbonyl (C=O) groups is 4. The lowest BCUT2D eigenvalue weighted by molar-refractivity contribution is -0.144. The highest BCUT2D eigenvalue weighted by atomic mass is 16.2. The summed E-state index contributed by atoms with van der Waals surface area (Å²) >= 11 is 0. The maximum absolute atomic E-state index is 13.5. The molecule has 0 aromatic heterocycles. The van der Waals surface area contributed by atoms with E-state index in [0.29, 0.717) is 25.8 Å². The summed E-state index contributed by atoms with van der Waals surface area (Å²) in [6, 6.07) is 7.51. The van der Waals surface area contributed by atoms with Crippen LogP contribution in [0.3, 0.4) is 0 Å². The molecule has 7 nitrogen and oxygen atoms in total. The molecule has 0 spiro atoms. The Morgan fingerprint density at radius 3 is 2.20 bits per heavy atom. The number of hydrogen-bond donors (Lipinski definition) is 1. The molecule has 1 heterocycles. The van der Waals surface area contributed by atoms with Gasteiger partial charge in [-0.25, -0.2) is 0 Å². The van der Waals surface area contributed by atoms with Gasteiger partial charge in [-0.1, -0.05) is 61.7 Å². The summed E-state index contributed by atoms with van der Waals surface area (Å²) in [7, 11) is 0. The molecule has 1 N–H and O–H groups in total. The monoisotopic (exact) mass is 479 g/mol. The van der Waals surface area contributed by atoms with E-state index in [1.165, 1.54) is 4.90 Å². The summed E-state index contributed by atoms with van der Waals surface area (Å²) in [6.07, 6.45) is 9.77. The number of rotatable bonds is 9. The van der Waals surface area contributed by atoms with Gasteiger partial charge in [0.25, 0.3) is 0 Å². The third-order valence-corrected chi connectivity index (χ3v) is 7.71. The third-order valence-electron chi connectivity index (χ3n) is 7.71. The van der Waals surface area contributed by atoms with Crippen molar-refractivity contribution in [3.05, 3.63) is 47.5 Å². The normalized spacial score (nSPS) is 22.9. The van der Waals surface area contributed by atoms with Crippen molar-refractivity contribution in [2.24, 2.45) is 11.8 Å². The summed E-state index contributed by atoms with van der Waals surface area (Å²) in [5.41, 5.74) is 2.07. The van der Waals surface area contributed by atoms with E-state index in [2.05, 4.69) is 5.32 Å². The summed E-state index contributed by atoms with van der Waals surface area (Å²) in [6.45, 7) is 4.30. The minimum atomic E-state index is -0.596. The van der Waals surface area contributed by atoms with Crippen LogP contribution in [-0.4, -0.2) is 52.1 Å². The van der Waals surface area contributed by atoms with Crippen molar-refractivity contribution in [1.29, 1.82) is 0 Å². The highest BCUT2D eigenvalue weighted by molar-refractivity contribution is 6.05. The molecule has 0 radical (unpaired) electrons. The molecule has 1 saturated heterocycles. The quantitative estimate of drug-likeness (QED) is 0.434. The van der Waals surface area contributed by atoms with Gasteiger partial charge in [-0.2, -0.15) is 0 Å². The van der Waals surface area contributed by atoms with Gasteiger partial charge >= 0.3 is 0 Å². The zero-order valence-corrected chi connectivity index (χ0v) is 20.9. The maximum Gasteiger partial charge on any atom is 0.243 e. The number of carbonyl (C=O) groups excluding carboxylic acids is 4. The first-order valence-corrected chi connectivity index (χ1v) is 13.0. The van der Waals surface area contributed by atoms with Crippen molar-refractivity contribution < 1.29 is 19.2 Å². The standard InChI is InChI=1S/C28H37N3O4/c1-3-24(26(33)29-21-8-4-5-9-21)31(18-20-14-12-19(2)13-15-20)25(32)16-17-30-27(34)22-10-6-7-11-23(22)28(30)35/h6-7,12-15,21-24H,3-5,8-11,16-18H2,1-2H3,(H,29,33)/t22-,23+,24?. The predicted octanol–water partition coefficient (Wildman–Crippen LogP) is 3.50. The molecular formula is C28H37N3O4. The summed E-state index contributed by atoms with van der Waals surface area (Å²) in [5.74, 6) is -1.28. The van der Waals surface area contributed by atoms with Crippen LogP contribution in [0.1, 0.15) is 69.4 Å². The Kier molecular flexibility index (Phi) is 8.04. The largest absolute Gasteiger partial charge is 0.352 e. The smallest absolute Gasteiger partial charge is 0.243 e. The van der Waals surface area contributed by atoms with E-state index in [-0.39, 0.29) is 54.5 Å². The van der Waals surface area contributed by atoms with Gasteiger partial charge in [0, 0.05) is 25.6 Å². The lowest BCUT2D eigenvalue weighted by atomic mass is 9.85. The van der Waals surface area contributed by atoms with Crippen LogP contribution < -0.4 is 5.32 Å². The number of allylic oxidation sites excluding steroid dienone is 2. The number of likely N-dealkylation sites (tertiary alicyclic amines) is 1. The van der Waals surface area contributed by atoms with E-state index < -0.39 is 6.04 Å². The number of nitrogens with zero attached hydrogens (tertiary/aromatic N) is 2. The van der Waals surface area contributed by atoms with Gasteiger partial charge in [-0.15, -0.1) is 0 Å². The van der Waals surface area contributed by atoms with E-state index in [1.54, 1.807) is 4.90 Å². The van der Waals surface area contributed by atoms with Gasteiger partial charge < -0.3 is 10.2 Å². The zero-order chi connectivity index (χ0) is 24.9. The van der Waals surface area contributed by atoms with Crippen LogP contribution in [0.5, 0.6) is 0 Å². The summed E-state index contributed by atoms with van der Waals surface area (Å²) in [4.78, 5) is 55.3. The topological polar surface area (TPSA) is 86.8 Å². The number of nitrogens with one attached hydrogen (secondary N) is 1. The van der Waals surface area contributed by atoms with Crippen LogP contribution in [0.4, 0.5) is 0 Å². The van der Waals surface area contributed by atoms with E-state index >= 15 is 0 Å². The van der Waals surface area contributed by atoms with Gasteiger partial charge in [0.2, 0.25) is 23.6 Å². The second kappa shape index (κ2) is 11.2. The highest BCUT2D eigenvalue weighted by Gasteiger charge is 2.47. The van der Waals surface area contributed by atoms with Gasteiger partial charge in [0.05, 0.1) is 11.8 Å². The first kappa shape index (κ1) is 25.1. The van der Waals surface area contributed by atoms with Crippen molar-refractivity contribution >= 4 is 23.6 Å². The molecular weight excluding hydrogens is 442 g/mol. The Morgan fingerprint density at radius 1 is 1.03 bits per heavy atom. The Labute approximate surface area is 207 Å². The number of fused-ring (bicyclic) bond motifs is 1. The summed E-state index contributed by atoms with van der Waals surface area (Å²) < 4.78 is 0. The molecule has 3 atom stereocenters. The highest BCUT2D eigenvalue weighted by Crippen LogP contribution is 2.35. The SMILES string of the molecule is CCC(C(=O)NC1CCCC1)N(Cc1ccc(C)cc1)C(=O)CCN1C(=O)[C@H]2CC=CC[C@H]2C1=O. The molecule has 3 aliphatic rings. The number of benzene rings is 1. The van der Waals surface area contributed by atoms with Crippen molar-refractivity contribution in [1.82, 2.24) is 15.1 Å². The third kappa shape index (κ3) is 5.65. The number of aryl methyl sites for hydroxylation is 1. The van der Waals surface area contributed by atoms with E-state index in [1.807, 2.05) is 50.3 Å². The Bertz CT molecular complexity index is 954. The minimum Gasteiger partial charge on any atom is -0.352 e. The molecule has 35 heavy (non-hydrogen) atoms. The van der Waals surface area contributed by atoms with Crippen LogP contribution >= 0.6 is 0 Å². The molecule has 1 unspecified atom stereocenters. The van der Waals surface area contributed by atoms with Crippen molar-refractivity contribution in [3.8, 4) is 0 Å². The molecule has 2 fully saturated rings.